The predicted octanol–water partition coefficient (Wildman–Crippen LogP) is 4.83. The Labute approximate surface area is 134 Å². The number of rotatable bonds is 8. The van der Waals surface area contributed by atoms with Gasteiger partial charge in [0.05, 0.1) is 6.04 Å². The molecule has 22 heavy (non-hydrogen) atoms. The zero-order valence-corrected chi connectivity index (χ0v) is 14.1. The maximum Gasteiger partial charge on any atom is 0.354 e. The minimum atomic E-state index is -0.293. The highest BCUT2D eigenvalue weighted by atomic mass is 16.5. The number of esters is 1. The number of carbonyl (C=O) groups is 1. The lowest BCUT2D eigenvalue weighted by molar-refractivity contribution is -0.146. The zero-order valence-electron chi connectivity index (χ0n) is 14.1. The van der Waals surface area contributed by atoms with Gasteiger partial charge in [0.15, 0.2) is 0 Å². The van der Waals surface area contributed by atoms with Crippen molar-refractivity contribution in [2.45, 2.75) is 52.7 Å². The molecular formula is C19H27NO2. The molecule has 0 aliphatic carbocycles. The second kappa shape index (κ2) is 9.08. The van der Waals surface area contributed by atoms with E-state index in [9.17, 15) is 4.79 Å². The Morgan fingerprint density at radius 1 is 1.27 bits per heavy atom. The van der Waals surface area contributed by atoms with Gasteiger partial charge in [0.1, 0.15) is 11.8 Å². The molecule has 1 unspecified atom stereocenters. The van der Waals surface area contributed by atoms with Crippen LogP contribution in [-0.4, -0.2) is 17.0 Å². The summed E-state index contributed by atoms with van der Waals surface area (Å²) in [5.41, 5.74) is 1.65. The van der Waals surface area contributed by atoms with Crippen LogP contribution in [0.2, 0.25) is 0 Å². The van der Waals surface area contributed by atoms with Crippen LogP contribution < -0.4 is 0 Å². The van der Waals surface area contributed by atoms with E-state index in [0.29, 0.717) is 5.70 Å². The van der Waals surface area contributed by atoms with Crippen LogP contribution in [0.5, 0.6) is 0 Å². The van der Waals surface area contributed by atoms with Gasteiger partial charge >= 0.3 is 5.97 Å². The Morgan fingerprint density at radius 2 is 1.86 bits per heavy atom. The minimum absolute atomic E-state index is 0.0131. The molecule has 0 fully saturated rings. The molecule has 0 heterocycles. The first-order valence-electron chi connectivity index (χ1n) is 7.92. The number of nitrogens with zero attached hydrogens (tertiary/aromatic N) is 1. The molecule has 0 radical (unpaired) electrons. The molecule has 0 aliphatic heterocycles. The maximum absolute atomic E-state index is 12.5. The summed E-state index contributed by atoms with van der Waals surface area (Å²) >= 11 is 0. The monoisotopic (exact) mass is 301 g/mol. The third-order valence-corrected chi connectivity index (χ3v) is 3.84. The average Bonchev–Trinajstić information content (AvgIpc) is 2.57. The molecular weight excluding hydrogens is 274 g/mol. The summed E-state index contributed by atoms with van der Waals surface area (Å²) < 4.78 is 5.57. The van der Waals surface area contributed by atoms with Gasteiger partial charge in [0.2, 0.25) is 0 Å². The summed E-state index contributed by atoms with van der Waals surface area (Å²) in [6.07, 6.45) is 5.07. The third kappa shape index (κ3) is 4.48. The number of carbonyl (C=O) groups excluding carboxylic acids is 1. The topological polar surface area (TPSA) is 29.5 Å². The fourth-order valence-electron chi connectivity index (χ4n) is 2.40. The molecule has 0 bridgehead atoms. The predicted molar refractivity (Wildman–Crippen MR) is 91.1 cm³/mol. The highest BCUT2D eigenvalue weighted by Crippen LogP contribution is 2.25. The molecule has 0 saturated carbocycles. The van der Waals surface area contributed by atoms with Crippen molar-refractivity contribution in [1.82, 2.24) is 4.90 Å². The molecule has 0 N–H and O–H groups in total. The third-order valence-electron chi connectivity index (χ3n) is 3.84. The van der Waals surface area contributed by atoms with Gasteiger partial charge in [-0.3, -0.25) is 0 Å². The highest BCUT2D eigenvalue weighted by Gasteiger charge is 2.23. The van der Waals surface area contributed by atoms with E-state index >= 15 is 0 Å². The Kier molecular flexibility index (Phi) is 7.44. The number of hydrogen-bond acceptors (Lipinski definition) is 3. The maximum atomic E-state index is 12.5. The van der Waals surface area contributed by atoms with Crippen LogP contribution in [-0.2, 0) is 9.53 Å². The van der Waals surface area contributed by atoms with Gasteiger partial charge in [-0.1, -0.05) is 56.8 Å². The first kappa shape index (κ1) is 18.0. The van der Waals surface area contributed by atoms with Crippen molar-refractivity contribution >= 4 is 5.97 Å². The van der Waals surface area contributed by atoms with E-state index < -0.39 is 0 Å². The van der Waals surface area contributed by atoms with E-state index in [1.165, 1.54) is 0 Å². The largest absolute Gasteiger partial charge is 0.458 e. The van der Waals surface area contributed by atoms with Crippen LogP contribution in [0.1, 0.15) is 52.1 Å². The van der Waals surface area contributed by atoms with E-state index in [-0.39, 0.29) is 18.1 Å². The van der Waals surface area contributed by atoms with Crippen LogP contribution in [0.3, 0.4) is 0 Å². The molecule has 1 atom stereocenters. The number of benzene rings is 1. The second-order valence-electron chi connectivity index (χ2n) is 5.19. The Bertz CT molecular complexity index is 503. The van der Waals surface area contributed by atoms with Gasteiger partial charge in [-0.05, 0) is 38.5 Å². The summed E-state index contributed by atoms with van der Waals surface area (Å²) in [7, 11) is 0. The van der Waals surface area contributed by atoms with Crippen LogP contribution in [0, 0.1) is 0 Å². The molecule has 3 heteroatoms. The van der Waals surface area contributed by atoms with Crippen molar-refractivity contribution in [3.05, 3.63) is 60.4 Å². The fraction of sp³-hybridized carbons (Fsp3) is 0.421. The smallest absolute Gasteiger partial charge is 0.354 e. The van der Waals surface area contributed by atoms with E-state index in [2.05, 4.69) is 6.58 Å². The summed E-state index contributed by atoms with van der Waals surface area (Å²) in [6.45, 7) is 11.8. The number of allylic oxidation sites excluding steroid dienone is 1. The minimum Gasteiger partial charge on any atom is -0.458 e. The molecule has 3 nitrogen and oxygen atoms in total. The first-order chi connectivity index (χ1) is 10.6. The lowest BCUT2D eigenvalue weighted by atomic mass is 10.1. The normalized spacial score (nSPS) is 12.9. The Balaban J connectivity index is 2.95. The molecule has 0 amide bonds. The van der Waals surface area contributed by atoms with Gasteiger partial charge in [-0.15, -0.1) is 0 Å². The lowest BCUT2D eigenvalue weighted by Gasteiger charge is -2.29. The number of hydrogen-bond donors (Lipinski definition) is 0. The van der Waals surface area contributed by atoms with E-state index in [0.717, 1.165) is 18.4 Å². The fourth-order valence-corrected chi connectivity index (χ4v) is 2.40. The Hall–Kier alpha value is -2.03. The van der Waals surface area contributed by atoms with Gasteiger partial charge in [0.25, 0.3) is 0 Å². The highest BCUT2D eigenvalue weighted by molar-refractivity contribution is 5.88. The number of ether oxygens (including phenoxy) is 1. The molecule has 1 rings (SSSR count). The second-order valence-corrected chi connectivity index (χ2v) is 5.19. The molecule has 0 aromatic heterocycles. The van der Waals surface area contributed by atoms with Crippen molar-refractivity contribution < 1.29 is 9.53 Å². The van der Waals surface area contributed by atoms with Crippen LogP contribution in [0.25, 0.3) is 0 Å². The standard InChI is InChI=1S/C19H27NO2/c1-6-17(7-2)22-19(21)18(8-3)20(9-4)15(5)16-13-11-10-12-14-16/h8-15,17H,4,6-7H2,1-3,5H3/b18-8-. The SMILES string of the molecule is C=CN(/C(=C\C)C(=O)OC(CC)CC)C(C)c1ccccc1. The van der Waals surface area contributed by atoms with Crippen LogP contribution in [0.15, 0.2) is 54.9 Å². The van der Waals surface area contributed by atoms with Crippen LogP contribution >= 0.6 is 0 Å². The van der Waals surface area contributed by atoms with Crippen molar-refractivity contribution in [1.29, 1.82) is 0 Å². The van der Waals surface area contributed by atoms with E-state index in [4.69, 9.17) is 4.74 Å². The van der Waals surface area contributed by atoms with Crippen LogP contribution in [0.4, 0.5) is 0 Å². The first-order valence-corrected chi connectivity index (χ1v) is 7.92. The van der Waals surface area contributed by atoms with Crippen molar-refractivity contribution in [2.24, 2.45) is 0 Å². The summed E-state index contributed by atoms with van der Waals surface area (Å²) in [6, 6.07) is 10.1. The molecule has 0 aliphatic rings. The summed E-state index contributed by atoms with van der Waals surface area (Å²) in [5, 5.41) is 0. The quantitative estimate of drug-likeness (QED) is 0.509. The van der Waals surface area contributed by atoms with E-state index in [1.807, 2.05) is 62.9 Å². The van der Waals surface area contributed by atoms with Crippen molar-refractivity contribution in [2.75, 3.05) is 0 Å². The molecule has 1 aromatic rings. The van der Waals surface area contributed by atoms with Crippen molar-refractivity contribution in [3.8, 4) is 0 Å². The molecule has 120 valence electrons. The average molecular weight is 301 g/mol. The van der Waals surface area contributed by atoms with Gasteiger partial charge < -0.3 is 9.64 Å². The molecule has 1 aromatic carbocycles. The van der Waals surface area contributed by atoms with Gasteiger partial charge in [-0.2, -0.15) is 0 Å². The van der Waals surface area contributed by atoms with Crippen molar-refractivity contribution in [3.63, 3.8) is 0 Å². The Morgan fingerprint density at radius 3 is 2.32 bits per heavy atom. The zero-order chi connectivity index (χ0) is 16.5. The van der Waals surface area contributed by atoms with E-state index in [1.54, 1.807) is 12.3 Å². The summed E-state index contributed by atoms with van der Waals surface area (Å²) in [4.78, 5) is 14.3. The van der Waals surface area contributed by atoms with Gasteiger partial charge in [-0.25, -0.2) is 4.79 Å². The van der Waals surface area contributed by atoms with Gasteiger partial charge in [0, 0.05) is 0 Å². The molecule has 0 spiro atoms. The molecule has 0 saturated heterocycles. The lowest BCUT2D eigenvalue weighted by Crippen LogP contribution is -2.29. The summed E-state index contributed by atoms with van der Waals surface area (Å²) in [5.74, 6) is -0.293.